The van der Waals surface area contributed by atoms with Crippen molar-refractivity contribution in [3.8, 4) is 5.75 Å². The number of benzene rings is 1. The molecule has 1 heterocycles. The number of nitrogens with zero attached hydrogens (tertiary/aromatic N) is 1. The highest BCUT2D eigenvalue weighted by molar-refractivity contribution is 5.77. The van der Waals surface area contributed by atoms with Crippen LogP contribution >= 0.6 is 0 Å². The van der Waals surface area contributed by atoms with E-state index in [0.29, 0.717) is 18.7 Å². The van der Waals surface area contributed by atoms with Gasteiger partial charge in [-0.2, -0.15) is 0 Å². The molecule has 1 saturated heterocycles. The van der Waals surface area contributed by atoms with Gasteiger partial charge < -0.3 is 14.7 Å². The van der Waals surface area contributed by atoms with Gasteiger partial charge in [-0.15, -0.1) is 0 Å². The van der Waals surface area contributed by atoms with Gasteiger partial charge in [-0.25, -0.2) is 0 Å². The first-order chi connectivity index (χ1) is 11.1. The smallest absolute Gasteiger partial charge is 0.303 e. The molecule has 1 fully saturated rings. The Morgan fingerprint density at radius 1 is 1.30 bits per heavy atom. The predicted molar refractivity (Wildman–Crippen MR) is 87.5 cm³/mol. The summed E-state index contributed by atoms with van der Waals surface area (Å²) in [5.41, 5.74) is 1.24. The van der Waals surface area contributed by atoms with Gasteiger partial charge in [0.05, 0.1) is 0 Å². The highest BCUT2D eigenvalue weighted by atomic mass is 16.5. The van der Waals surface area contributed by atoms with Gasteiger partial charge in [0, 0.05) is 19.5 Å². The van der Waals surface area contributed by atoms with Crippen LogP contribution in [-0.2, 0) is 16.0 Å². The van der Waals surface area contributed by atoms with Gasteiger partial charge >= 0.3 is 5.97 Å². The SMILES string of the molecule is CCc1ccc(OCC(=O)N2CCCC(CCC(=O)O)C2)cc1. The number of carboxylic acid groups (broad SMARTS) is 1. The fourth-order valence-corrected chi connectivity index (χ4v) is 2.91. The van der Waals surface area contributed by atoms with Gasteiger partial charge in [0.2, 0.25) is 0 Å². The van der Waals surface area contributed by atoms with Crippen LogP contribution in [0.4, 0.5) is 0 Å². The van der Waals surface area contributed by atoms with Crippen molar-refractivity contribution in [1.29, 1.82) is 0 Å². The molecule has 0 saturated carbocycles. The number of hydrogen-bond acceptors (Lipinski definition) is 3. The van der Waals surface area contributed by atoms with Crippen molar-refractivity contribution in [3.63, 3.8) is 0 Å². The molecule has 1 aromatic carbocycles. The second-order valence-corrected chi connectivity index (χ2v) is 6.07. The van der Waals surface area contributed by atoms with E-state index in [1.165, 1.54) is 5.56 Å². The van der Waals surface area contributed by atoms with Gasteiger partial charge in [0.25, 0.3) is 5.91 Å². The molecular weight excluding hydrogens is 294 g/mol. The standard InChI is InChI=1S/C18H25NO4/c1-2-14-5-8-16(9-6-14)23-13-17(20)19-11-3-4-15(12-19)7-10-18(21)22/h5-6,8-9,15H,2-4,7,10-13H2,1H3,(H,21,22). The maximum Gasteiger partial charge on any atom is 0.303 e. The molecule has 1 aliphatic rings. The van der Waals surface area contributed by atoms with E-state index < -0.39 is 5.97 Å². The lowest BCUT2D eigenvalue weighted by Crippen LogP contribution is -2.42. The first-order valence-electron chi connectivity index (χ1n) is 8.29. The molecule has 1 N–H and O–H groups in total. The minimum absolute atomic E-state index is 0.0235. The largest absolute Gasteiger partial charge is 0.484 e. The van der Waals surface area contributed by atoms with Gasteiger partial charge in [-0.3, -0.25) is 9.59 Å². The number of carbonyl (C=O) groups is 2. The molecule has 1 aromatic rings. The monoisotopic (exact) mass is 319 g/mol. The summed E-state index contributed by atoms with van der Waals surface area (Å²) < 4.78 is 5.57. The number of rotatable bonds is 7. The van der Waals surface area contributed by atoms with E-state index in [2.05, 4.69) is 6.92 Å². The van der Waals surface area contributed by atoms with E-state index in [9.17, 15) is 9.59 Å². The Hall–Kier alpha value is -2.04. The summed E-state index contributed by atoms with van der Waals surface area (Å²) in [5, 5.41) is 8.77. The molecule has 0 aromatic heterocycles. The van der Waals surface area contributed by atoms with Crippen molar-refractivity contribution in [2.75, 3.05) is 19.7 Å². The molecule has 23 heavy (non-hydrogen) atoms. The lowest BCUT2D eigenvalue weighted by atomic mass is 9.93. The number of amides is 1. The lowest BCUT2D eigenvalue weighted by molar-refractivity contribution is -0.137. The highest BCUT2D eigenvalue weighted by Gasteiger charge is 2.24. The van der Waals surface area contributed by atoms with Crippen LogP contribution in [-0.4, -0.2) is 41.6 Å². The normalized spacial score (nSPS) is 17.8. The summed E-state index contributed by atoms with van der Waals surface area (Å²) in [6, 6.07) is 7.78. The third-order valence-electron chi connectivity index (χ3n) is 4.33. The summed E-state index contributed by atoms with van der Waals surface area (Å²) in [6.45, 7) is 3.51. The molecule has 5 heteroatoms. The molecule has 0 radical (unpaired) electrons. The topological polar surface area (TPSA) is 66.8 Å². The quantitative estimate of drug-likeness (QED) is 0.839. The molecule has 1 unspecified atom stereocenters. The lowest BCUT2D eigenvalue weighted by Gasteiger charge is -2.32. The first kappa shape index (κ1) is 17.3. The molecule has 1 atom stereocenters. The van der Waals surface area contributed by atoms with Crippen molar-refractivity contribution < 1.29 is 19.4 Å². The molecule has 126 valence electrons. The van der Waals surface area contributed by atoms with Crippen LogP contribution < -0.4 is 4.74 Å². The average molecular weight is 319 g/mol. The van der Waals surface area contributed by atoms with Crippen LogP contribution in [0.25, 0.3) is 0 Å². The number of piperidine rings is 1. The molecule has 5 nitrogen and oxygen atoms in total. The Morgan fingerprint density at radius 2 is 2.04 bits per heavy atom. The van der Waals surface area contributed by atoms with Crippen molar-refractivity contribution in [1.82, 2.24) is 4.90 Å². The van der Waals surface area contributed by atoms with Crippen LogP contribution in [0.5, 0.6) is 5.75 Å². The Bertz CT molecular complexity index is 526. The second-order valence-electron chi connectivity index (χ2n) is 6.07. The van der Waals surface area contributed by atoms with E-state index in [4.69, 9.17) is 9.84 Å². The summed E-state index contributed by atoms with van der Waals surface area (Å²) in [7, 11) is 0. The summed E-state index contributed by atoms with van der Waals surface area (Å²) in [6.07, 6.45) is 3.72. The summed E-state index contributed by atoms with van der Waals surface area (Å²) >= 11 is 0. The van der Waals surface area contributed by atoms with Crippen molar-refractivity contribution in [2.24, 2.45) is 5.92 Å². The molecule has 0 bridgehead atoms. The van der Waals surface area contributed by atoms with Crippen LogP contribution in [0.15, 0.2) is 24.3 Å². The first-order valence-corrected chi connectivity index (χ1v) is 8.29. The zero-order valence-electron chi connectivity index (χ0n) is 13.7. The van der Waals surface area contributed by atoms with Crippen LogP contribution in [0.1, 0.15) is 38.2 Å². The second kappa shape index (κ2) is 8.56. The minimum atomic E-state index is -0.771. The maximum atomic E-state index is 12.3. The van der Waals surface area contributed by atoms with Crippen LogP contribution in [0, 0.1) is 5.92 Å². The maximum absolute atomic E-state index is 12.3. The Morgan fingerprint density at radius 3 is 2.70 bits per heavy atom. The van der Waals surface area contributed by atoms with Gasteiger partial charge in [0.15, 0.2) is 6.61 Å². The van der Waals surface area contributed by atoms with E-state index in [1.54, 1.807) is 4.90 Å². The Kier molecular flexibility index (Phi) is 6.44. The fourth-order valence-electron chi connectivity index (χ4n) is 2.91. The minimum Gasteiger partial charge on any atom is -0.484 e. The number of ether oxygens (including phenoxy) is 1. The van der Waals surface area contributed by atoms with E-state index in [1.807, 2.05) is 24.3 Å². The van der Waals surface area contributed by atoms with E-state index in [0.717, 1.165) is 25.8 Å². The summed E-state index contributed by atoms with van der Waals surface area (Å²) in [5.74, 6) is 0.194. The molecule has 0 spiro atoms. The third kappa shape index (κ3) is 5.58. The number of carboxylic acids is 1. The van der Waals surface area contributed by atoms with Gasteiger partial charge in [0.1, 0.15) is 5.75 Å². The van der Waals surface area contributed by atoms with Gasteiger partial charge in [-0.05, 0) is 49.3 Å². The molecule has 2 rings (SSSR count). The Labute approximate surface area is 137 Å². The van der Waals surface area contributed by atoms with Gasteiger partial charge in [-0.1, -0.05) is 19.1 Å². The highest BCUT2D eigenvalue weighted by Crippen LogP contribution is 2.21. The zero-order valence-corrected chi connectivity index (χ0v) is 13.7. The van der Waals surface area contributed by atoms with Crippen molar-refractivity contribution >= 4 is 11.9 Å². The fraction of sp³-hybridized carbons (Fsp3) is 0.556. The van der Waals surface area contributed by atoms with Crippen LogP contribution in [0.2, 0.25) is 0 Å². The number of carbonyl (C=O) groups excluding carboxylic acids is 1. The van der Waals surface area contributed by atoms with E-state index in [-0.39, 0.29) is 24.9 Å². The zero-order chi connectivity index (χ0) is 16.7. The molecule has 1 aliphatic heterocycles. The van der Waals surface area contributed by atoms with E-state index >= 15 is 0 Å². The molecule has 0 aliphatic carbocycles. The third-order valence-corrected chi connectivity index (χ3v) is 4.33. The number of aryl methyl sites for hydroxylation is 1. The molecular formula is C18H25NO4. The average Bonchev–Trinajstić information content (AvgIpc) is 2.58. The van der Waals surface area contributed by atoms with Crippen LogP contribution in [0.3, 0.4) is 0 Å². The van der Waals surface area contributed by atoms with Crippen molar-refractivity contribution in [3.05, 3.63) is 29.8 Å². The molecule has 1 amide bonds. The number of likely N-dealkylation sites (tertiary alicyclic amines) is 1. The Balaban J connectivity index is 1.78. The number of hydrogen-bond donors (Lipinski definition) is 1. The predicted octanol–water partition coefficient (Wildman–Crippen LogP) is 2.73. The summed E-state index contributed by atoms with van der Waals surface area (Å²) in [4.78, 5) is 24.7. The number of aliphatic carboxylic acids is 1. The van der Waals surface area contributed by atoms with Crippen molar-refractivity contribution in [2.45, 2.75) is 39.0 Å².